The molecule has 5 nitrogen and oxygen atoms in total. The maximum atomic E-state index is 11.8. The number of hydrogen-bond acceptors (Lipinski definition) is 5. The average Bonchev–Trinajstić information content (AvgIpc) is 2.21. The van der Waals surface area contributed by atoms with Crippen LogP contribution in [0.3, 0.4) is 0 Å². The van der Waals surface area contributed by atoms with E-state index in [4.69, 9.17) is 11.5 Å². The summed E-state index contributed by atoms with van der Waals surface area (Å²) in [6.07, 6.45) is 1.24. The topological polar surface area (TPSA) is 93.2 Å². The molecule has 96 valence electrons. The lowest BCUT2D eigenvalue weighted by Gasteiger charge is -2.19. The Morgan fingerprint density at radius 2 is 1.88 bits per heavy atom. The maximum Gasteiger partial charge on any atom is 0.152 e. The molecule has 0 fully saturated rings. The first-order valence-corrected chi connectivity index (χ1v) is 6.00. The van der Waals surface area contributed by atoms with Crippen molar-refractivity contribution in [3.05, 3.63) is 0 Å². The van der Waals surface area contributed by atoms with Gasteiger partial charge in [-0.2, -0.15) is 0 Å². The van der Waals surface area contributed by atoms with Crippen LogP contribution in [0.25, 0.3) is 0 Å². The Hall–Kier alpha value is -0.490. The van der Waals surface area contributed by atoms with Gasteiger partial charge in [-0.1, -0.05) is 20.8 Å². The van der Waals surface area contributed by atoms with Crippen LogP contribution in [0, 0.1) is 5.92 Å². The van der Waals surface area contributed by atoms with Crippen molar-refractivity contribution >= 4 is 5.78 Å². The van der Waals surface area contributed by atoms with E-state index < -0.39 is 6.29 Å². The summed E-state index contributed by atoms with van der Waals surface area (Å²) in [6.45, 7) is 7.42. The highest BCUT2D eigenvalue weighted by Crippen LogP contribution is 2.05. The van der Waals surface area contributed by atoms with Crippen molar-refractivity contribution < 1.29 is 4.79 Å². The number of carbonyl (C=O) groups is 1. The molecule has 0 aromatic rings. The second-order valence-corrected chi connectivity index (χ2v) is 4.29. The summed E-state index contributed by atoms with van der Waals surface area (Å²) in [6, 6.07) is -0.0409. The lowest BCUT2D eigenvalue weighted by atomic mass is 9.98. The van der Waals surface area contributed by atoms with Crippen LogP contribution >= 0.6 is 0 Å². The lowest BCUT2D eigenvalue weighted by molar-refractivity contribution is -0.124. The molecular formula is C11H26N4O. The number of rotatable bonds is 9. The van der Waals surface area contributed by atoms with Crippen molar-refractivity contribution in [2.24, 2.45) is 17.4 Å². The van der Waals surface area contributed by atoms with Gasteiger partial charge in [0.1, 0.15) is 6.29 Å². The van der Waals surface area contributed by atoms with E-state index in [1.165, 1.54) is 0 Å². The van der Waals surface area contributed by atoms with Gasteiger partial charge in [0.15, 0.2) is 5.78 Å². The molecule has 0 saturated carbocycles. The Kier molecular flexibility index (Phi) is 8.37. The minimum absolute atomic E-state index is 0.0409. The number of hydrogen-bond donors (Lipinski definition) is 4. The highest BCUT2D eigenvalue weighted by Gasteiger charge is 2.19. The summed E-state index contributed by atoms with van der Waals surface area (Å²) >= 11 is 0. The third-order valence-electron chi connectivity index (χ3n) is 2.41. The molecule has 1 atom stereocenters. The van der Waals surface area contributed by atoms with Gasteiger partial charge in [-0.05, 0) is 25.9 Å². The molecule has 0 aromatic heterocycles. The molecule has 0 aromatic carbocycles. The Morgan fingerprint density at radius 1 is 1.25 bits per heavy atom. The average molecular weight is 230 g/mol. The van der Waals surface area contributed by atoms with Crippen molar-refractivity contribution in [1.29, 1.82) is 0 Å². The summed E-state index contributed by atoms with van der Waals surface area (Å²) in [7, 11) is 0. The summed E-state index contributed by atoms with van der Waals surface area (Å²) in [4.78, 5) is 11.8. The van der Waals surface area contributed by atoms with Crippen LogP contribution in [-0.2, 0) is 4.79 Å². The van der Waals surface area contributed by atoms with E-state index in [1.807, 2.05) is 20.8 Å². The van der Waals surface area contributed by atoms with Crippen LogP contribution in [0.5, 0.6) is 0 Å². The molecule has 5 heteroatoms. The third kappa shape index (κ3) is 6.90. The van der Waals surface area contributed by atoms with Crippen molar-refractivity contribution in [3.63, 3.8) is 0 Å². The van der Waals surface area contributed by atoms with Gasteiger partial charge in [0.25, 0.3) is 0 Å². The fourth-order valence-electron chi connectivity index (χ4n) is 1.57. The van der Waals surface area contributed by atoms with Gasteiger partial charge in [0, 0.05) is 5.92 Å². The van der Waals surface area contributed by atoms with Crippen molar-refractivity contribution in [3.8, 4) is 0 Å². The van der Waals surface area contributed by atoms with Crippen molar-refractivity contribution in [2.75, 3.05) is 13.1 Å². The second-order valence-electron chi connectivity index (χ2n) is 4.29. The summed E-state index contributed by atoms with van der Waals surface area (Å²) in [5.74, 6) is 0.354. The molecule has 0 rings (SSSR count). The molecule has 0 unspecified atom stereocenters. The molecule has 0 saturated heterocycles. The number of ketones is 1. The van der Waals surface area contributed by atoms with E-state index in [0.717, 1.165) is 25.9 Å². The number of nitrogens with one attached hydrogen (secondary N) is 2. The van der Waals surface area contributed by atoms with Crippen LogP contribution in [-0.4, -0.2) is 31.2 Å². The van der Waals surface area contributed by atoms with Crippen LogP contribution in [0.15, 0.2) is 0 Å². The van der Waals surface area contributed by atoms with Gasteiger partial charge in [-0.25, -0.2) is 0 Å². The molecule has 0 aliphatic heterocycles. The first kappa shape index (κ1) is 15.5. The third-order valence-corrected chi connectivity index (χ3v) is 2.41. The van der Waals surface area contributed by atoms with E-state index in [1.54, 1.807) is 0 Å². The zero-order chi connectivity index (χ0) is 12.6. The molecule has 0 radical (unpaired) electrons. The monoisotopic (exact) mass is 230 g/mol. The minimum Gasteiger partial charge on any atom is -0.308 e. The Labute approximate surface area is 98.3 Å². The fraction of sp³-hybridized carbons (Fsp3) is 0.909. The first-order chi connectivity index (χ1) is 7.49. The molecule has 0 heterocycles. The van der Waals surface area contributed by atoms with E-state index in [-0.39, 0.29) is 17.7 Å². The molecule has 0 aliphatic rings. The smallest absolute Gasteiger partial charge is 0.152 e. The van der Waals surface area contributed by atoms with Crippen LogP contribution in [0.1, 0.15) is 33.6 Å². The van der Waals surface area contributed by atoms with Crippen LogP contribution < -0.4 is 22.1 Å². The van der Waals surface area contributed by atoms with Gasteiger partial charge < -0.3 is 16.8 Å². The molecule has 6 N–H and O–H groups in total. The second kappa shape index (κ2) is 8.64. The maximum absolute atomic E-state index is 11.8. The van der Waals surface area contributed by atoms with Gasteiger partial charge in [0.2, 0.25) is 0 Å². The van der Waals surface area contributed by atoms with Gasteiger partial charge in [-0.15, -0.1) is 0 Å². The fourth-order valence-corrected chi connectivity index (χ4v) is 1.57. The number of likely N-dealkylation sites (N-methyl/N-ethyl adjacent to an activating group) is 1. The predicted molar refractivity (Wildman–Crippen MR) is 66.7 cm³/mol. The normalized spacial score (nSPS) is 13.4. The summed E-state index contributed by atoms with van der Waals surface area (Å²) in [5.41, 5.74) is 10.7. The predicted octanol–water partition coefficient (Wildman–Crippen LogP) is -0.240. The van der Waals surface area contributed by atoms with E-state index in [0.29, 0.717) is 0 Å². The zero-order valence-corrected chi connectivity index (χ0v) is 10.6. The summed E-state index contributed by atoms with van der Waals surface area (Å²) in [5, 5.41) is 6.14. The van der Waals surface area contributed by atoms with Crippen molar-refractivity contribution in [1.82, 2.24) is 10.6 Å². The first-order valence-electron chi connectivity index (χ1n) is 6.00. The van der Waals surface area contributed by atoms with E-state index >= 15 is 0 Å². The minimum atomic E-state index is -0.474. The number of Topliss-reactive ketones (excluding diaryl/α,β-unsaturated/α-hetero) is 1. The SMILES string of the molecule is CCN[C@@H](CCCNC(N)N)C(=O)C(C)C. The Morgan fingerprint density at radius 3 is 2.31 bits per heavy atom. The molecule has 16 heavy (non-hydrogen) atoms. The molecule has 0 spiro atoms. The zero-order valence-electron chi connectivity index (χ0n) is 10.6. The van der Waals surface area contributed by atoms with Gasteiger partial charge >= 0.3 is 0 Å². The molecule has 0 bridgehead atoms. The Balaban J connectivity index is 3.89. The highest BCUT2D eigenvalue weighted by atomic mass is 16.1. The van der Waals surface area contributed by atoms with Gasteiger partial charge in [-0.3, -0.25) is 10.1 Å². The van der Waals surface area contributed by atoms with Gasteiger partial charge in [0.05, 0.1) is 6.04 Å². The highest BCUT2D eigenvalue weighted by molar-refractivity contribution is 5.85. The van der Waals surface area contributed by atoms with Crippen LogP contribution in [0.4, 0.5) is 0 Å². The molecular weight excluding hydrogens is 204 g/mol. The molecule has 0 amide bonds. The molecule has 0 aliphatic carbocycles. The van der Waals surface area contributed by atoms with Crippen LogP contribution in [0.2, 0.25) is 0 Å². The Bertz CT molecular complexity index is 194. The van der Waals surface area contributed by atoms with Crippen molar-refractivity contribution in [2.45, 2.75) is 45.9 Å². The summed E-state index contributed by atoms with van der Waals surface area (Å²) < 4.78 is 0. The largest absolute Gasteiger partial charge is 0.308 e. The quantitative estimate of drug-likeness (QED) is 0.324. The van der Waals surface area contributed by atoms with E-state index in [2.05, 4.69) is 10.6 Å². The number of carbonyl (C=O) groups excluding carboxylic acids is 1. The standard InChI is InChI=1S/C11H26N4O/c1-4-14-9(10(16)8(2)3)6-5-7-15-11(12)13/h8-9,11,14-15H,4-7,12-13H2,1-3H3/t9-/m0/s1. The lowest BCUT2D eigenvalue weighted by Crippen LogP contribution is -2.46. The number of nitrogens with two attached hydrogens (primary N) is 2. The van der Waals surface area contributed by atoms with E-state index in [9.17, 15) is 4.79 Å².